The summed E-state index contributed by atoms with van der Waals surface area (Å²) in [5.74, 6) is -1.06. The first-order valence-electron chi connectivity index (χ1n) is 5.29. The van der Waals surface area contributed by atoms with Crippen molar-refractivity contribution in [2.24, 2.45) is 0 Å². The first kappa shape index (κ1) is 14.0. The summed E-state index contributed by atoms with van der Waals surface area (Å²) in [6.07, 6.45) is 0. The number of aromatic nitrogens is 2. The number of benzene rings is 1. The van der Waals surface area contributed by atoms with Crippen LogP contribution in [-0.2, 0) is 11.3 Å². The maximum atomic E-state index is 10.8. The van der Waals surface area contributed by atoms with Gasteiger partial charge in [-0.2, -0.15) is 5.10 Å². The average Bonchev–Trinajstić information content (AvgIpc) is 2.83. The van der Waals surface area contributed by atoms with Crippen molar-refractivity contribution >= 4 is 33.5 Å². The Morgan fingerprint density at radius 2 is 2.26 bits per heavy atom. The molecule has 0 aliphatic carbocycles. The SMILES string of the molecule is COCc1c(Cl)cc(-c2cc(C(=O)O)[nH]n2)cc1Br. The number of aromatic amines is 1. The minimum atomic E-state index is -1.06. The van der Waals surface area contributed by atoms with Crippen molar-refractivity contribution in [2.45, 2.75) is 6.61 Å². The number of rotatable bonds is 4. The molecule has 2 N–H and O–H groups in total. The number of nitrogens with one attached hydrogen (secondary N) is 1. The summed E-state index contributed by atoms with van der Waals surface area (Å²) in [4.78, 5) is 10.8. The highest BCUT2D eigenvalue weighted by molar-refractivity contribution is 9.10. The zero-order valence-electron chi connectivity index (χ0n) is 9.91. The molecule has 1 aromatic heterocycles. The number of methoxy groups -OCH3 is 1. The van der Waals surface area contributed by atoms with Gasteiger partial charge in [-0.15, -0.1) is 0 Å². The molecule has 0 bridgehead atoms. The van der Waals surface area contributed by atoms with Crippen LogP contribution in [0.5, 0.6) is 0 Å². The quantitative estimate of drug-likeness (QED) is 0.891. The van der Waals surface area contributed by atoms with Gasteiger partial charge in [0.05, 0.1) is 12.3 Å². The molecule has 0 aliphatic rings. The van der Waals surface area contributed by atoms with E-state index in [0.29, 0.717) is 17.3 Å². The van der Waals surface area contributed by atoms with Crippen LogP contribution in [0.1, 0.15) is 16.1 Å². The topological polar surface area (TPSA) is 75.2 Å². The third-order valence-corrected chi connectivity index (χ3v) is 3.58. The second-order valence-electron chi connectivity index (χ2n) is 3.82. The fourth-order valence-corrected chi connectivity index (χ4v) is 2.58. The Morgan fingerprint density at radius 3 is 2.79 bits per heavy atom. The Kier molecular flexibility index (Phi) is 4.24. The first-order valence-corrected chi connectivity index (χ1v) is 6.46. The molecule has 2 aromatic rings. The van der Waals surface area contributed by atoms with E-state index in [1.165, 1.54) is 6.07 Å². The van der Waals surface area contributed by atoms with Gasteiger partial charge in [-0.3, -0.25) is 5.10 Å². The van der Waals surface area contributed by atoms with Crippen LogP contribution in [0.4, 0.5) is 0 Å². The summed E-state index contributed by atoms with van der Waals surface area (Å²) >= 11 is 9.58. The first-order chi connectivity index (χ1) is 9.02. The second kappa shape index (κ2) is 5.73. The van der Waals surface area contributed by atoms with E-state index in [0.717, 1.165) is 15.6 Å². The number of ether oxygens (including phenoxy) is 1. The molecule has 0 fully saturated rings. The van der Waals surface area contributed by atoms with E-state index in [-0.39, 0.29) is 5.69 Å². The number of aromatic carboxylic acids is 1. The van der Waals surface area contributed by atoms with Crippen LogP contribution in [0, 0.1) is 0 Å². The molecule has 0 spiro atoms. The van der Waals surface area contributed by atoms with Gasteiger partial charge < -0.3 is 9.84 Å². The summed E-state index contributed by atoms with van der Waals surface area (Å²) in [5.41, 5.74) is 2.11. The number of carboxylic acids is 1. The maximum Gasteiger partial charge on any atom is 0.353 e. The number of halogens is 2. The molecule has 19 heavy (non-hydrogen) atoms. The lowest BCUT2D eigenvalue weighted by atomic mass is 10.1. The van der Waals surface area contributed by atoms with Gasteiger partial charge in [0.2, 0.25) is 0 Å². The minimum Gasteiger partial charge on any atom is -0.477 e. The molecule has 0 atom stereocenters. The number of hydrogen-bond donors (Lipinski definition) is 2. The Bertz CT molecular complexity index is 604. The molecule has 2 rings (SSSR count). The van der Waals surface area contributed by atoms with E-state index in [1.807, 2.05) is 6.07 Å². The molecule has 7 heteroatoms. The number of hydrogen-bond acceptors (Lipinski definition) is 3. The van der Waals surface area contributed by atoms with Crippen molar-refractivity contribution < 1.29 is 14.6 Å². The minimum absolute atomic E-state index is 0.0308. The van der Waals surface area contributed by atoms with E-state index in [1.54, 1.807) is 13.2 Å². The lowest BCUT2D eigenvalue weighted by Crippen LogP contribution is -1.95. The summed E-state index contributed by atoms with van der Waals surface area (Å²) < 4.78 is 5.85. The predicted molar refractivity (Wildman–Crippen MR) is 74.4 cm³/mol. The van der Waals surface area contributed by atoms with E-state index >= 15 is 0 Å². The molecule has 0 unspecified atom stereocenters. The third kappa shape index (κ3) is 2.97. The Morgan fingerprint density at radius 1 is 1.53 bits per heavy atom. The van der Waals surface area contributed by atoms with Crippen molar-refractivity contribution in [3.8, 4) is 11.3 Å². The molecular formula is C12H10BrClN2O3. The molecule has 5 nitrogen and oxygen atoms in total. The standard InChI is InChI=1S/C12H10BrClN2O3/c1-19-5-7-8(13)2-6(3-9(7)14)10-4-11(12(17)18)16-15-10/h2-4H,5H2,1H3,(H,15,16)(H,17,18). The normalized spacial score (nSPS) is 10.7. The van der Waals surface area contributed by atoms with E-state index in [2.05, 4.69) is 26.1 Å². The van der Waals surface area contributed by atoms with Crippen molar-refractivity contribution in [3.05, 3.63) is 39.0 Å². The Hall–Kier alpha value is -1.37. The van der Waals surface area contributed by atoms with E-state index in [4.69, 9.17) is 21.4 Å². The van der Waals surface area contributed by atoms with Crippen molar-refractivity contribution in [3.63, 3.8) is 0 Å². The Labute approximate surface area is 122 Å². The van der Waals surface area contributed by atoms with Crippen molar-refractivity contribution in [1.82, 2.24) is 10.2 Å². The number of nitrogens with zero attached hydrogens (tertiary/aromatic N) is 1. The van der Waals surface area contributed by atoms with Crippen LogP contribution >= 0.6 is 27.5 Å². The van der Waals surface area contributed by atoms with Crippen molar-refractivity contribution in [1.29, 1.82) is 0 Å². The summed E-state index contributed by atoms with van der Waals surface area (Å²) in [6.45, 7) is 0.390. The Balaban J connectivity index is 2.42. The van der Waals surface area contributed by atoms with Crippen LogP contribution in [0.2, 0.25) is 5.02 Å². The van der Waals surface area contributed by atoms with Gasteiger partial charge in [-0.25, -0.2) is 4.79 Å². The third-order valence-electron chi connectivity index (χ3n) is 2.53. The fourth-order valence-electron chi connectivity index (χ4n) is 1.61. The van der Waals surface area contributed by atoms with Crippen LogP contribution in [-0.4, -0.2) is 28.4 Å². The zero-order chi connectivity index (χ0) is 14.0. The molecule has 1 aromatic carbocycles. The highest BCUT2D eigenvalue weighted by Gasteiger charge is 2.13. The van der Waals surface area contributed by atoms with Gasteiger partial charge in [0.25, 0.3) is 0 Å². The zero-order valence-corrected chi connectivity index (χ0v) is 12.2. The molecule has 0 radical (unpaired) electrons. The van der Waals surface area contributed by atoms with Gasteiger partial charge in [-0.05, 0) is 18.2 Å². The highest BCUT2D eigenvalue weighted by Crippen LogP contribution is 2.31. The van der Waals surface area contributed by atoms with Crippen LogP contribution < -0.4 is 0 Å². The van der Waals surface area contributed by atoms with Gasteiger partial charge in [0.15, 0.2) is 0 Å². The molecule has 0 saturated carbocycles. The van der Waals surface area contributed by atoms with Gasteiger partial charge >= 0.3 is 5.97 Å². The molecule has 0 aliphatic heterocycles. The summed E-state index contributed by atoms with van der Waals surface area (Å²) in [6, 6.07) is 5.00. The van der Waals surface area contributed by atoms with Crippen LogP contribution in [0.25, 0.3) is 11.3 Å². The molecule has 0 saturated heterocycles. The maximum absolute atomic E-state index is 10.8. The van der Waals surface area contributed by atoms with Crippen molar-refractivity contribution in [2.75, 3.05) is 7.11 Å². The summed E-state index contributed by atoms with van der Waals surface area (Å²) in [5, 5.41) is 15.8. The van der Waals surface area contributed by atoms with Crippen LogP contribution in [0.3, 0.4) is 0 Å². The monoisotopic (exact) mass is 344 g/mol. The second-order valence-corrected chi connectivity index (χ2v) is 5.09. The number of carboxylic acid groups (broad SMARTS) is 1. The summed E-state index contributed by atoms with van der Waals surface area (Å²) in [7, 11) is 1.59. The van der Waals surface area contributed by atoms with Gasteiger partial charge in [0.1, 0.15) is 5.69 Å². The number of H-pyrrole nitrogens is 1. The van der Waals surface area contributed by atoms with E-state index in [9.17, 15) is 4.79 Å². The molecule has 100 valence electrons. The smallest absolute Gasteiger partial charge is 0.353 e. The predicted octanol–water partition coefficient (Wildman–Crippen LogP) is 3.34. The average molecular weight is 346 g/mol. The molecule has 0 amide bonds. The lowest BCUT2D eigenvalue weighted by Gasteiger charge is -2.08. The largest absolute Gasteiger partial charge is 0.477 e. The molecule has 1 heterocycles. The fraction of sp³-hybridized carbons (Fsp3) is 0.167. The number of carbonyl (C=O) groups is 1. The molecular weight excluding hydrogens is 336 g/mol. The van der Waals surface area contributed by atoms with Gasteiger partial charge in [-0.1, -0.05) is 27.5 Å². The van der Waals surface area contributed by atoms with E-state index < -0.39 is 5.97 Å². The van der Waals surface area contributed by atoms with Gasteiger partial charge in [0, 0.05) is 27.7 Å². The lowest BCUT2D eigenvalue weighted by molar-refractivity contribution is 0.0690. The highest BCUT2D eigenvalue weighted by atomic mass is 79.9. The van der Waals surface area contributed by atoms with Crippen LogP contribution in [0.15, 0.2) is 22.7 Å².